The zero-order valence-corrected chi connectivity index (χ0v) is 12.4. The van der Waals surface area contributed by atoms with Crippen LogP contribution in [0.4, 0.5) is 5.69 Å². The fourth-order valence-corrected chi connectivity index (χ4v) is 2.26. The Kier molecular flexibility index (Phi) is 3.63. The van der Waals surface area contributed by atoms with Crippen LogP contribution in [0.15, 0.2) is 42.7 Å². The van der Waals surface area contributed by atoms with Gasteiger partial charge in [0.25, 0.3) is 0 Å². The molecule has 3 rings (SSSR count). The average Bonchev–Trinajstić information content (AvgIpc) is 2.96. The molecule has 1 amide bonds. The summed E-state index contributed by atoms with van der Waals surface area (Å²) in [5.41, 5.74) is 4.35. The molecule has 0 bridgehead atoms. The number of fused-ring (bicyclic) bond motifs is 1. The molecule has 0 saturated carbocycles. The van der Waals surface area contributed by atoms with E-state index in [4.69, 9.17) is 0 Å². The molecule has 3 aromatic rings. The number of carbonyl (C=O) groups excluding carboxylic acids is 1. The van der Waals surface area contributed by atoms with Gasteiger partial charge in [-0.05, 0) is 36.8 Å². The van der Waals surface area contributed by atoms with Gasteiger partial charge in [0.1, 0.15) is 5.65 Å². The maximum absolute atomic E-state index is 11.3. The van der Waals surface area contributed by atoms with Gasteiger partial charge < -0.3 is 10.3 Å². The van der Waals surface area contributed by atoms with Gasteiger partial charge in [0, 0.05) is 35.8 Å². The molecule has 0 saturated heterocycles. The van der Waals surface area contributed by atoms with Gasteiger partial charge in [-0.25, -0.2) is 4.98 Å². The summed E-state index contributed by atoms with van der Waals surface area (Å²) < 4.78 is 0. The molecule has 2 N–H and O–H groups in total. The molecule has 0 unspecified atom stereocenters. The number of nitrogens with zero attached hydrogens (tertiary/aromatic N) is 1. The molecule has 108 valence electrons. The summed E-state index contributed by atoms with van der Waals surface area (Å²) in [6.45, 7) is 3.49. The first-order valence-corrected chi connectivity index (χ1v) is 6.96. The lowest BCUT2D eigenvalue weighted by Gasteiger charge is -2.06. The van der Waals surface area contributed by atoms with E-state index < -0.39 is 0 Å². The van der Waals surface area contributed by atoms with Crippen molar-refractivity contribution in [1.29, 1.82) is 0 Å². The van der Waals surface area contributed by atoms with Crippen molar-refractivity contribution in [3.63, 3.8) is 0 Å². The first-order chi connectivity index (χ1) is 10.6. The van der Waals surface area contributed by atoms with Crippen LogP contribution in [0.2, 0.25) is 0 Å². The molecule has 1 aromatic carbocycles. The van der Waals surface area contributed by atoms with Crippen molar-refractivity contribution in [2.75, 3.05) is 5.32 Å². The fourth-order valence-electron chi connectivity index (χ4n) is 2.26. The Labute approximate surface area is 128 Å². The van der Waals surface area contributed by atoms with Gasteiger partial charge in [0.15, 0.2) is 0 Å². The molecule has 0 aliphatic carbocycles. The summed E-state index contributed by atoms with van der Waals surface area (Å²) in [6, 6.07) is 9.63. The zero-order chi connectivity index (χ0) is 15.5. The molecule has 0 fully saturated rings. The number of benzene rings is 1. The van der Waals surface area contributed by atoms with Crippen molar-refractivity contribution in [3.8, 4) is 11.8 Å². The lowest BCUT2D eigenvalue weighted by atomic mass is 10.1. The van der Waals surface area contributed by atoms with E-state index in [0.29, 0.717) is 0 Å². The predicted molar refractivity (Wildman–Crippen MR) is 87.6 cm³/mol. The van der Waals surface area contributed by atoms with Crippen LogP contribution >= 0.6 is 0 Å². The molecule has 0 atom stereocenters. The Bertz CT molecular complexity index is 913. The van der Waals surface area contributed by atoms with Crippen LogP contribution in [-0.2, 0) is 4.79 Å². The van der Waals surface area contributed by atoms with Gasteiger partial charge in [0.05, 0.1) is 5.69 Å². The second kappa shape index (κ2) is 5.74. The SMILES string of the molecule is CC(=O)Nc1ccc(C)cc1C#Cc1ccnc2[nH]ccc12. The maximum atomic E-state index is 11.3. The number of aryl methyl sites for hydroxylation is 1. The highest BCUT2D eigenvalue weighted by Gasteiger charge is 2.03. The number of hydrogen-bond acceptors (Lipinski definition) is 2. The minimum absolute atomic E-state index is 0.108. The van der Waals surface area contributed by atoms with Crippen molar-refractivity contribution in [3.05, 3.63) is 59.4 Å². The molecule has 4 heteroatoms. The minimum Gasteiger partial charge on any atom is -0.346 e. The summed E-state index contributed by atoms with van der Waals surface area (Å²) in [7, 11) is 0. The van der Waals surface area contributed by atoms with E-state index in [1.54, 1.807) is 6.20 Å². The molecular weight excluding hydrogens is 274 g/mol. The quantitative estimate of drug-likeness (QED) is 0.676. The smallest absolute Gasteiger partial charge is 0.221 e. The van der Waals surface area contributed by atoms with E-state index >= 15 is 0 Å². The summed E-state index contributed by atoms with van der Waals surface area (Å²) in [4.78, 5) is 18.6. The second-order valence-electron chi connectivity index (χ2n) is 5.08. The van der Waals surface area contributed by atoms with Crippen molar-refractivity contribution < 1.29 is 4.79 Å². The third-order valence-corrected chi connectivity index (χ3v) is 3.28. The van der Waals surface area contributed by atoms with E-state index in [0.717, 1.165) is 33.4 Å². The van der Waals surface area contributed by atoms with Crippen molar-refractivity contribution in [1.82, 2.24) is 9.97 Å². The van der Waals surface area contributed by atoms with E-state index in [1.807, 2.05) is 43.5 Å². The van der Waals surface area contributed by atoms with Gasteiger partial charge in [-0.3, -0.25) is 4.79 Å². The van der Waals surface area contributed by atoms with Gasteiger partial charge in [-0.15, -0.1) is 0 Å². The monoisotopic (exact) mass is 289 g/mol. The summed E-state index contributed by atoms with van der Waals surface area (Å²) in [6.07, 6.45) is 3.58. The predicted octanol–water partition coefficient (Wildman–Crippen LogP) is 3.23. The third-order valence-electron chi connectivity index (χ3n) is 3.28. The van der Waals surface area contributed by atoms with Crippen LogP contribution in [0.5, 0.6) is 0 Å². The number of anilines is 1. The van der Waals surface area contributed by atoms with Crippen molar-refractivity contribution in [2.24, 2.45) is 0 Å². The standard InChI is InChI=1S/C18H15N3O/c1-12-3-6-17(21-13(2)22)15(11-12)5-4-14-7-9-19-18-16(14)8-10-20-18/h3,6-11H,1-2H3,(H,19,20)(H,21,22). The number of aromatic nitrogens is 2. The highest BCUT2D eigenvalue weighted by Crippen LogP contribution is 2.18. The lowest BCUT2D eigenvalue weighted by Crippen LogP contribution is -2.07. The van der Waals surface area contributed by atoms with E-state index in [1.165, 1.54) is 6.92 Å². The van der Waals surface area contributed by atoms with Crippen LogP contribution in [0.25, 0.3) is 11.0 Å². The Balaban J connectivity index is 2.05. The Hall–Kier alpha value is -3.06. The molecule has 4 nitrogen and oxygen atoms in total. The molecule has 0 spiro atoms. The molecule has 0 radical (unpaired) electrons. The minimum atomic E-state index is -0.108. The van der Waals surface area contributed by atoms with Gasteiger partial charge in [-0.1, -0.05) is 17.9 Å². The fraction of sp³-hybridized carbons (Fsp3) is 0.111. The molecule has 2 aromatic heterocycles. The van der Waals surface area contributed by atoms with Crippen molar-refractivity contribution in [2.45, 2.75) is 13.8 Å². The summed E-state index contributed by atoms with van der Waals surface area (Å²) in [5, 5.41) is 3.80. The normalized spacial score (nSPS) is 10.1. The number of hydrogen-bond donors (Lipinski definition) is 2. The third kappa shape index (κ3) is 2.84. The largest absolute Gasteiger partial charge is 0.346 e. The van der Waals surface area contributed by atoms with Gasteiger partial charge in [-0.2, -0.15) is 0 Å². The van der Waals surface area contributed by atoms with Crippen molar-refractivity contribution >= 4 is 22.6 Å². The van der Waals surface area contributed by atoms with Gasteiger partial charge >= 0.3 is 0 Å². The molecule has 0 aliphatic rings. The Morgan fingerprint density at radius 3 is 2.82 bits per heavy atom. The second-order valence-corrected chi connectivity index (χ2v) is 5.08. The highest BCUT2D eigenvalue weighted by atomic mass is 16.1. The number of rotatable bonds is 1. The number of carbonyl (C=O) groups is 1. The molecule has 0 aliphatic heterocycles. The van der Waals surface area contributed by atoms with Crippen LogP contribution in [0.1, 0.15) is 23.6 Å². The summed E-state index contributed by atoms with van der Waals surface area (Å²) in [5.74, 6) is 6.21. The van der Waals surface area contributed by atoms with E-state index in [9.17, 15) is 4.79 Å². The topological polar surface area (TPSA) is 57.8 Å². The van der Waals surface area contributed by atoms with Crippen LogP contribution < -0.4 is 5.32 Å². The van der Waals surface area contributed by atoms with Gasteiger partial charge in [0.2, 0.25) is 5.91 Å². The number of aromatic amines is 1. The van der Waals surface area contributed by atoms with E-state index in [2.05, 4.69) is 27.1 Å². The maximum Gasteiger partial charge on any atom is 0.221 e. The number of pyridine rings is 1. The first kappa shape index (κ1) is 13.9. The average molecular weight is 289 g/mol. The zero-order valence-electron chi connectivity index (χ0n) is 12.4. The molecule has 22 heavy (non-hydrogen) atoms. The number of H-pyrrole nitrogens is 1. The number of nitrogens with one attached hydrogen (secondary N) is 2. The molecular formula is C18H15N3O. The molecule has 2 heterocycles. The van der Waals surface area contributed by atoms with E-state index in [-0.39, 0.29) is 5.91 Å². The van der Waals surface area contributed by atoms with Crippen LogP contribution in [-0.4, -0.2) is 15.9 Å². The first-order valence-electron chi connectivity index (χ1n) is 6.96. The highest BCUT2D eigenvalue weighted by molar-refractivity contribution is 5.90. The summed E-state index contributed by atoms with van der Waals surface area (Å²) >= 11 is 0. The number of amides is 1. The van der Waals surface area contributed by atoms with Crippen LogP contribution in [0, 0.1) is 18.8 Å². The Morgan fingerprint density at radius 2 is 2.00 bits per heavy atom. The lowest BCUT2D eigenvalue weighted by molar-refractivity contribution is -0.114. The Morgan fingerprint density at radius 1 is 1.18 bits per heavy atom. The van der Waals surface area contributed by atoms with Crippen LogP contribution in [0.3, 0.4) is 0 Å².